The highest BCUT2D eigenvalue weighted by molar-refractivity contribution is 7.22. The minimum absolute atomic E-state index is 0. The molecule has 0 spiro atoms. The summed E-state index contributed by atoms with van der Waals surface area (Å²) in [4.78, 5) is 21.6. The fourth-order valence-corrected chi connectivity index (χ4v) is 4.62. The van der Waals surface area contributed by atoms with Gasteiger partial charge in [0.25, 0.3) is 5.91 Å². The van der Waals surface area contributed by atoms with Crippen molar-refractivity contribution in [1.82, 2.24) is 9.88 Å². The Morgan fingerprint density at radius 2 is 1.94 bits per heavy atom. The van der Waals surface area contributed by atoms with E-state index in [2.05, 4.69) is 16.8 Å². The molecule has 1 fully saturated rings. The number of hydrogen-bond donors (Lipinski definition) is 0. The molecule has 0 unspecified atom stereocenters. The molecule has 0 bridgehead atoms. The summed E-state index contributed by atoms with van der Waals surface area (Å²) in [5.41, 5.74) is 0.547. The largest absolute Gasteiger partial charge is 0.494 e. The number of hydrogen-bond acceptors (Lipinski definition) is 6. The van der Waals surface area contributed by atoms with Crippen LogP contribution in [0.2, 0.25) is 0 Å². The van der Waals surface area contributed by atoms with Crippen molar-refractivity contribution in [1.29, 1.82) is 0 Å². The van der Waals surface area contributed by atoms with Crippen molar-refractivity contribution in [3.63, 3.8) is 0 Å². The van der Waals surface area contributed by atoms with Gasteiger partial charge in [-0.3, -0.25) is 14.6 Å². The van der Waals surface area contributed by atoms with Crippen molar-refractivity contribution in [3.8, 4) is 5.75 Å². The number of unbranched alkanes of at least 4 members (excludes halogenated alkanes) is 1. The normalized spacial score (nSPS) is 14.1. The van der Waals surface area contributed by atoms with Crippen molar-refractivity contribution in [2.75, 3.05) is 50.9 Å². The fourth-order valence-electron chi connectivity index (χ4n) is 3.60. The smallest absolute Gasteiger partial charge is 0.260 e. The summed E-state index contributed by atoms with van der Waals surface area (Å²) >= 11 is 1.11. The van der Waals surface area contributed by atoms with Crippen LogP contribution in [0, 0.1) is 11.6 Å². The summed E-state index contributed by atoms with van der Waals surface area (Å²) in [5.74, 6) is -0.942. The highest BCUT2D eigenvalue weighted by Gasteiger charge is 2.24. The van der Waals surface area contributed by atoms with E-state index in [1.807, 2.05) is 0 Å². The van der Waals surface area contributed by atoms with Crippen LogP contribution in [-0.2, 0) is 4.74 Å². The number of fused-ring (bicyclic) bond motifs is 1. The number of thiazole rings is 1. The van der Waals surface area contributed by atoms with E-state index < -0.39 is 11.6 Å². The van der Waals surface area contributed by atoms with E-state index in [1.165, 1.54) is 6.07 Å². The number of nitrogens with zero attached hydrogens (tertiary/aromatic N) is 3. The Balaban J connectivity index is 0.00000324. The van der Waals surface area contributed by atoms with E-state index >= 15 is 0 Å². The standard InChI is InChI=1S/C24H27F2N3O3S.ClH/c1-2-3-12-32-19-6-4-17(5-7-19)23(30)29(9-8-28-10-13-31-14-11-28)24-27-22-20(26)15-18(25)16-21(22)33-24;/h4-7,15-16H,2-3,8-14H2,1H3;1H. The molecule has 1 aromatic heterocycles. The summed E-state index contributed by atoms with van der Waals surface area (Å²) < 4.78 is 39.4. The number of carbonyl (C=O) groups excluding carboxylic acids is 1. The van der Waals surface area contributed by atoms with E-state index in [0.29, 0.717) is 54.1 Å². The Kier molecular flexibility index (Phi) is 9.58. The molecule has 0 N–H and O–H groups in total. The SMILES string of the molecule is CCCCOc1ccc(C(=O)N(CCN2CCOCC2)c2nc3c(F)cc(F)cc3s2)cc1.Cl. The summed E-state index contributed by atoms with van der Waals surface area (Å²) in [6, 6.07) is 9.04. The number of amides is 1. The van der Waals surface area contributed by atoms with E-state index in [-0.39, 0.29) is 23.8 Å². The van der Waals surface area contributed by atoms with E-state index in [0.717, 1.165) is 43.3 Å². The maximum absolute atomic E-state index is 14.3. The molecule has 0 aliphatic carbocycles. The number of benzene rings is 2. The predicted molar refractivity (Wildman–Crippen MR) is 133 cm³/mol. The average Bonchev–Trinajstić information content (AvgIpc) is 3.24. The lowest BCUT2D eigenvalue weighted by Crippen LogP contribution is -2.43. The third-order valence-electron chi connectivity index (χ3n) is 5.49. The lowest BCUT2D eigenvalue weighted by Gasteiger charge is -2.29. The predicted octanol–water partition coefficient (Wildman–Crippen LogP) is 5.15. The van der Waals surface area contributed by atoms with E-state index in [4.69, 9.17) is 9.47 Å². The number of rotatable bonds is 9. The first-order valence-electron chi connectivity index (χ1n) is 11.2. The molecule has 6 nitrogen and oxygen atoms in total. The number of anilines is 1. The van der Waals surface area contributed by atoms with E-state index in [9.17, 15) is 13.6 Å². The van der Waals surface area contributed by atoms with Crippen LogP contribution in [0.5, 0.6) is 5.75 Å². The minimum atomic E-state index is -0.735. The first kappa shape index (κ1) is 26.3. The first-order chi connectivity index (χ1) is 16.0. The zero-order chi connectivity index (χ0) is 23.2. The van der Waals surface area contributed by atoms with E-state index in [1.54, 1.807) is 29.2 Å². The van der Waals surface area contributed by atoms with Gasteiger partial charge in [0, 0.05) is 37.8 Å². The lowest BCUT2D eigenvalue weighted by molar-refractivity contribution is 0.0391. The van der Waals surface area contributed by atoms with Gasteiger partial charge in [0.1, 0.15) is 17.1 Å². The van der Waals surface area contributed by atoms with Gasteiger partial charge in [-0.05, 0) is 36.8 Å². The van der Waals surface area contributed by atoms with Crippen LogP contribution in [0.1, 0.15) is 30.1 Å². The van der Waals surface area contributed by atoms with Crippen LogP contribution in [0.3, 0.4) is 0 Å². The highest BCUT2D eigenvalue weighted by atomic mass is 35.5. The van der Waals surface area contributed by atoms with Gasteiger partial charge in [0.15, 0.2) is 10.9 Å². The molecule has 34 heavy (non-hydrogen) atoms. The van der Waals surface area contributed by atoms with Gasteiger partial charge in [-0.25, -0.2) is 13.8 Å². The Labute approximate surface area is 207 Å². The fraction of sp³-hybridized carbons (Fsp3) is 0.417. The van der Waals surface area contributed by atoms with Crippen LogP contribution >= 0.6 is 23.7 Å². The Morgan fingerprint density at radius 3 is 2.65 bits per heavy atom. The first-order valence-corrected chi connectivity index (χ1v) is 12.0. The highest BCUT2D eigenvalue weighted by Crippen LogP contribution is 2.32. The second-order valence-corrected chi connectivity index (χ2v) is 8.88. The van der Waals surface area contributed by atoms with Crippen LogP contribution in [0.4, 0.5) is 13.9 Å². The molecule has 0 atom stereocenters. The number of aromatic nitrogens is 1. The zero-order valence-corrected chi connectivity index (χ0v) is 20.6. The molecule has 184 valence electrons. The summed E-state index contributed by atoms with van der Waals surface area (Å²) in [6.45, 7) is 6.59. The number of carbonyl (C=O) groups is 1. The van der Waals surface area contributed by atoms with Crippen molar-refractivity contribution in [3.05, 3.63) is 53.6 Å². The third kappa shape index (κ3) is 6.41. The second-order valence-electron chi connectivity index (χ2n) is 7.87. The van der Waals surface area contributed by atoms with Gasteiger partial charge < -0.3 is 9.47 Å². The Morgan fingerprint density at radius 1 is 1.21 bits per heavy atom. The Bertz CT molecular complexity index is 1090. The van der Waals surface area contributed by atoms with Gasteiger partial charge in [-0.15, -0.1) is 12.4 Å². The molecule has 1 saturated heterocycles. The maximum Gasteiger partial charge on any atom is 0.260 e. The summed E-state index contributed by atoms with van der Waals surface area (Å²) in [5, 5.41) is 0.344. The quantitative estimate of drug-likeness (QED) is 0.372. The van der Waals surface area contributed by atoms with Crippen molar-refractivity contribution in [2.24, 2.45) is 0 Å². The van der Waals surface area contributed by atoms with Crippen LogP contribution in [0.15, 0.2) is 36.4 Å². The molecule has 3 aromatic rings. The van der Waals surface area contributed by atoms with Gasteiger partial charge in [-0.2, -0.15) is 0 Å². The number of ether oxygens (including phenoxy) is 2. The second kappa shape index (κ2) is 12.4. The lowest BCUT2D eigenvalue weighted by atomic mass is 10.2. The number of morpholine rings is 1. The average molecular weight is 512 g/mol. The topological polar surface area (TPSA) is 54.9 Å². The molecule has 2 heterocycles. The molecule has 10 heteroatoms. The molecule has 1 aliphatic heterocycles. The van der Waals surface area contributed by atoms with Crippen LogP contribution < -0.4 is 9.64 Å². The molecule has 1 aliphatic rings. The molecule has 0 saturated carbocycles. The van der Waals surface area contributed by atoms with Crippen molar-refractivity contribution < 1.29 is 23.0 Å². The summed E-state index contributed by atoms with van der Waals surface area (Å²) in [6.07, 6.45) is 2.01. The third-order valence-corrected chi connectivity index (χ3v) is 6.51. The molecule has 0 radical (unpaired) electrons. The molecular weight excluding hydrogens is 484 g/mol. The van der Waals surface area contributed by atoms with Gasteiger partial charge in [0.2, 0.25) is 0 Å². The monoisotopic (exact) mass is 511 g/mol. The van der Waals surface area contributed by atoms with Gasteiger partial charge >= 0.3 is 0 Å². The van der Waals surface area contributed by atoms with Crippen LogP contribution in [0.25, 0.3) is 10.2 Å². The molecule has 1 amide bonds. The molecule has 2 aromatic carbocycles. The number of halogens is 3. The minimum Gasteiger partial charge on any atom is -0.494 e. The van der Waals surface area contributed by atoms with Gasteiger partial charge in [0.05, 0.1) is 24.5 Å². The Hall–Kier alpha value is -2.33. The van der Waals surface area contributed by atoms with Crippen molar-refractivity contribution >= 4 is 45.0 Å². The summed E-state index contributed by atoms with van der Waals surface area (Å²) in [7, 11) is 0. The zero-order valence-electron chi connectivity index (χ0n) is 19.0. The van der Waals surface area contributed by atoms with Crippen molar-refractivity contribution in [2.45, 2.75) is 19.8 Å². The maximum atomic E-state index is 14.3. The molecular formula is C24H28ClF2N3O3S. The van der Waals surface area contributed by atoms with Gasteiger partial charge in [-0.1, -0.05) is 24.7 Å². The van der Waals surface area contributed by atoms with Crippen LogP contribution in [-0.4, -0.2) is 61.8 Å². The molecule has 4 rings (SSSR count).